The summed E-state index contributed by atoms with van der Waals surface area (Å²) in [7, 11) is 0. The highest BCUT2D eigenvalue weighted by Crippen LogP contribution is 2.36. The number of aliphatic hydroxyl groups is 1. The smallest absolute Gasteiger partial charge is 0.0797 e. The van der Waals surface area contributed by atoms with Crippen molar-refractivity contribution in [3.05, 3.63) is 29.3 Å². The second-order valence-corrected chi connectivity index (χ2v) is 5.29. The van der Waals surface area contributed by atoms with E-state index in [-0.39, 0.29) is 6.04 Å². The zero-order chi connectivity index (χ0) is 11.9. The Kier molecular flexibility index (Phi) is 2.70. The molecule has 0 saturated carbocycles. The molecule has 0 radical (unpaired) electrons. The van der Waals surface area contributed by atoms with Crippen LogP contribution in [0.15, 0.2) is 18.2 Å². The van der Waals surface area contributed by atoms with Gasteiger partial charge in [0.05, 0.1) is 11.6 Å². The molecule has 0 aromatic heterocycles. The number of aryl methyl sites for hydroxylation is 1. The van der Waals surface area contributed by atoms with Crippen molar-refractivity contribution in [3.8, 4) is 0 Å². The van der Waals surface area contributed by atoms with E-state index in [1.54, 1.807) is 0 Å². The molecule has 2 rings (SSSR count). The van der Waals surface area contributed by atoms with Gasteiger partial charge in [-0.1, -0.05) is 17.7 Å². The summed E-state index contributed by atoms with van der Waals surface area (Å²) in [6.45, 7) is 9.02. The fourth-order valence-corrected chi connectivity index (χ4v) is 2.67. The molecule has 2 heteroatoms. The van der Waals surface area contributed by atoms with E-state index in [0.29, 0.717) is 0 Å². The van der Waals surface area contributed by atoms with Crippen LogP contribution in [0.5, 0.6) is 0 Å². The molecule has 0 spiro atoms. The van der Waals surface area contributed by atoms with Gasteiger partial charge in [0.1, 0.15) is 0 Å². The molecule has 1 atom stereocenters. The largest absolute Gasteiger partial charge is 0.388 e. The Hall–Kier alpha value is -1.02. The topological polar surface area (TPSA) is 23.5 Å². The van der Waals surface area contributed by atoms with Crippen LogP contribution in [0.3, 0.4) is 0 Å². The zero-order valence-electron chi connectivity index (χ0n) is 10.6. The fourth-order valence-electron chi connectivity index (χ4n) is 2.67. The molecule has 88 valence electrons. The van der Waals surface area contributed by atoms with Crippen molar-refractivity contribution in [2.45, 2.75) is 45.8 Å². The van der Waals surface area contributed by atoms with E-state index in [4.69, 9.17) is 0 Å². The van der Waals surface area contributed by atoms with Crippen LogP contribution in [0.2, 0.25) is 0 Å². The number of rotatable bonds is 2. The van der Waals surface area contributed by atoms with Crippen molar-refractivity contribution in [3.63, 3.8) is 0 Å². The molecule has 0 amide bonds. The van der Waals surface area contributed by atoms with Gasteiger partial charge in [-0.2, -0.15) is 0 Å². The Labute approximate surface area is 97.9 Å². The molecular weight excluding hydrogens is 198 g/mol. The Morgan fingerprint density at radius 2 is 2.12 bits per heavy atom. The van der Waals surface area contributed by atoms with Gasteiger partial charge in [0.15, 0.2) is 0 Å². The first-order valence-corrected chi connectivity index (χ1v) is 6.02. The van der Waals surface area contributed by atoms with E-state index in [2.05, 4.69) is 36.9 Å². The number of nitrogens with zero attached hydrogens (tertiary/aromatic N) is 1. The highest BCUT2D eigenvalue weighted by atomic mass is 16.3. The second-order valence-electron chi connectivity index (χ2n) is 5.29. The van der Waals surface area contributed by atoms with E-state index in [0.717, 1.165) is 13.0 Å². The van der Waals surface area contributed by atoms with Crippen LogP contribution in [-0.2, 0) is 6.42 Å². The maximum Gasteiger partial charge on any atom is 0.0797 e. The first-order valence-electron chi connectivity index (χ1n) is 6.02. The van der Waals surface area contributed by atoms with Crippen molar-refractivity contribution in [2.75, 3.05) is 11.4 Å². The second kappa shape index (κ2) is 3.77. The first-order chi connectivity index (χ1) is 7.43. The van der Waals surface area contributed by atoms with Crippen LogP contribution in [-0.4, -0.2) is 23.3 Å². The minimum absolute atomic E-state index is 0.203. The molecule has 0 fully saturated rings. The van der Waals surface area contributed by atoms with Crippen LogP contribution in [0.25, 0.3) is 0 Å². The van der Waals surface area contributed by atoms with Crippen LogP contribution < -0.4 is 4.90 Å². The van der Waals surface area contributed by atoms with Crippen LogP contribution in [0.4, 0.5) is 5.69 Å². The molecule has 2 nitrogen and oxygen atoms in total. The lowest BCUT2D eigenvalue weighted by molar-refractivity contribution is 0.0520. The Morgan fingerprint density at radius 3 is 2.69 bits per heavy atom. The lowest BCUT2D eigenvalue weighted by Crippen LogP contribution is -2.47. The quantitative estimate of drug-likeness (QED) is 0.826. The number of benzene rings is 1. The van der Waals surface area contributed by atoms with E-state index in [1.807, 2.05) is 13.8 Å². The van der Waals surface area contributed by atoms with Crippen molar-refractivity contribution >= 4 is 5.69 Å². The van der Waals surface area contributed by atoms with Crippen LogP contribution >= 0.6 is 0 Å². The zero-order valence-corrected chi connectivity index (χ0v) is 10.6. The average Bonchev–Trinajstić information content (AvgIpc) is 2.54. The van der Waals surface area contributed by atoms with Crippen molar-refractivity contribution < 1.29 is 5.11 Å². The minimum Gasteiger partial charge on any atom is -0.388 e. The molecule has 1 N–H and O–H groups in total. The Morgan fingerprint density at radius 1 is 1.44 bits per heavy atom. The SMILES string of the molecule is CCN1c2ccc(C)cc2CC1C(C)(C)O. The fraction of sp³-hybridized carbons (Fsp3) is 0.571. The summed E-state index contributed by atoms with van der Waals surface area (Å²) in [6.07, 6.45) is 0.953. The summed E-state index contributed by atoms with van der Waals surface area (Å²) in [5, 5.41) is 10.2. The Balaban J connectivity index is 2.40. The minimum atomic E-state index is -0.650. The third kappa shape index (κ3) is 1.82. The van der Waals surface area contributed by atoms with E-state index < -0.39 is 5.60 Å². The van der Waals surface area contributed by atoms with Crippen molar-refractivity contribution in [2.24, 2.45) is 0 Å². The van der Waals surface area contributed by atoms with Gasteiger partial charge >= 0.3 is 0 Å². The van der Waals surface area contributed by atoms with E-state index >= 15 is 0 Å². The molecule has 1 aliphatic heterocycles. The van der Waals surface area contributed by atoms with Crippen molar-refractivity contribution in [1.29, 1.82) is 0 Å². The summed E-state index contributed by atoms with van der Waals surface area (Å²) < 4.78 is 0. The van der Waals surface area contributed by atoms with Gasteiger partial charge in [0.25, 0.3) is 0 Å². The highest BCUT2D eigenvalue weighted by Gasteiger charge is 2.37. The molecule has 1 aromatic carbocycles. The average molecular weight is 219 g/mol. The lowest BCUT2D eigenvalue weighted by atomic mass is 9.95. The van der Waals surface area contributed by atoms with Crippen LogP contribution in [0.1, 0.15) is 31.9 Å². The predicted octanol–water partition coefficient (Wildman–Crippen LogP) is 2.52. The first kappa shape index (κ1) is 11.5. The summed E-state index contributed by atoms with van der Waals surface area (Å²) in [6, 6.07) is 6.77. The lowest BCUT2D eigenvalue weighted by Gasteiger charge is -2.34. The third-order valence-electron chi connectivity index (χ3n) is 3.49. The normalized spacial score (nSPS) is 20.1. The van der Waals surface area contributed by atoms with Gasteiger partial charge in [0.2, 0.25) is 0 Å². The van der Waals surface area contributed by atoms with Gasteiger partial charge in [-0.3, -0.25) is 0 Å². The van der Waals surface area contributed by atoms with Gasteiger partial charge in [0, 0.05) is 12.2 Å². The van der Waals surface area contributed by atoms with Gasteiger partial charge in [-0.25, -0.2) is 0 Å². The summed E-state index contributed by atoms with van der Waals surface area (Å²) >= 11 is 0. The number of hydrogen-bond donors (Lipinski definition) is 1. The monoisotopic (exact) mass is 219 g/mol. The summed E-state index contributed by atoms with van der Waals surface area (Å²) in [5.74, 6) is 0. The predicted molar refractivity (Wildman–Crippen MR) is 68.0 cm³/mol. The van der Waals surface area contributed by atoms with Gasteiger partial charge < -0.3 is 10.0 Å². The maximum absolute atomic E-state index is 10.2. The number of fused-ring (bicyclic) bond motifs is 1. The Bertz CT molecular complexity index is 392. The molecule has 0 aliphatic carbocycles. The van der Waals surface area contributed by atoms with E-state index in [9.17, 15) is 5.11 Å². The molecule has 0 bridgehead atoms. The summed E-state index contributed by atoms with van der Waals surface area (Å²) in [4.78, 5) is 2.31. The maximum atomic E-state index is 10.2. The number of likely N-dealkylation sites (N-methyl/N-ethyl adjacent to an activating group) is 1. The number of anilines is 1. The molecule has 16 heavy (non-hydrogen) atoms. The van der Waals surface area contributed by atoms with Crippen LogP contribution in [0, 0.1) is 6.92 Å². The molecule has 1 aliphatic rings. The molecule has 1 heterocycles. The highest BCUT2D eigenvalue weighted by molar-refractivity contribution is 5.61. The third-order valence-corrected chi connectivity index (χ3v) is 3.49. The van der Waals surface area contributed by atoms with E-state index in [1.165, 1.54) is 16.8 Å². The molecule has 1 unspecified atom stereocenters. The van der Waals surface area contributed by atoms with Crippen molar-refractivity contribution in [1.82, 2.24) is 0 Å². The standard InChI is InChI=1S/C14H21NO/c1-5-15-12-7-6-10(2)8-11(12)9-13(15)14(3,4)16/h6-8,13,16H,5,9H2,1-4H3. The number of hydrogen-bond acceptors (Lipinski definition) is 2. The summed E-state index contributed by atoms with van der Waals surface area (Å²) in [5.41, 5.74) is 3.31. The van der Waals surface area contributed by atoms with Gasteiger partial charge in [-0.15, -0.1) is 0 Å². The molecule has 0 saturated heterocycles. The molecular formula is C14H21NO. The van der Waals surface area contributed by atoms with Gasteiger partial charge in [-0.05, 0) is 45.7 Å². The molecule has 1 aromatic rings.